The van der Waals surface area contributed by atoms with E-state index in [2.05, 4.69) is 5.32 Å². The highest BCUT2D eigenvalue weighted by molar-refractivity contribution is 7.95. The van der Waals surface area contributed by atoms with E-state index in [9.17, 15) is 26.4 Å². The second-order valence-electron chi connectivity index (χ2n) is 7.21. The minimum absolute atomic E-state index is 0.0211. The van der Waals surface area contributed by atoms with Gasteiger partial charge in [-0.15, -0.1) is 0 Å². The molecule has 1 atom stereocenters. The fourth-order valence-corrected chi connectivity index (χ4v) is 5.62. The highest BCUT2D eigenvalue weighted by atomic mass is 32.2. The van der Waals surface area contributed by atoms with Crippen LogP contribution in [0.4, 0.5) is 13.2 Å². The number of alkyl halides is 3. The molecule has 1 heterocycles. The highest BCUT2D eigenvalue weighted by Crippen LogP contribution is 2.46. The molecule has 0 saturated carbocycles. The van der Waals surface area contributed by atoms with Crippen molar-refractivity contribution in [1.82, 2.24) is 5.32 Å². The summed E-state index contributed by atoms with van der Waals surface area (Å²) < 4.78 is 74.1. The molecule has 170 valence electrons. The van der Waals surface area contributed by atoms with E-state index in [1.165, 1.54) is 56.3 Å². The number of dihydropyridines is 1. The lowest BCUT2D eigenvalue weighted by Crippen LogP contribution is -2.33. The second-order valence-corrected chi connectivity index (χ2v) is 9.13. The summed E-state index contributed by atoms with van der Waals surface area (Å²) >= 11 is 0. The first-order valence-electron chi connectivity index (χ1n) is 9.82. The zero-order chi connectivity index (χ0) is 23.7. The molecule has 2 aromatic rings. The number of benzene rings is 2. The standard InChI is InChI=1S/C23H22F3NO4S/c1-4-31-22(28)19-14(2)27-15(3)21(32(29,30)16-10-6-5-7-11-16)20(19)17-12-8-9-13-18(17)23(24,25)26/h5-13,20,27H,4H2,1-3H3. The number of esters is 1. The maximum atomic E-state index is 13.9. The van der Waals surface area contributed by atoms with Crippen LogP contribution in [0.15, 0.2) is 81.4 Å². The number of ether oxygens (including phenoxy) is 1. The lowest BCUT2D eigenvalue weighted by atomic mass is 9.84. The number of rotatable bonds is 5. The summed E-state index contributed by atoms with van der Waals surface area (Å²) in [5.41, 5.74) is -1.16. The number of sulfone groups is 1. The Morgan fingerprint density at radius 2 is 1.59 bits per heavy atom. The summed E-state index contributed by atoms with van der Waals surface area (Å²) in [6, 6.07) is 12.1. The Labute approximate surface area is 184 Å². The number of hydrogen-bond acceptors (Lipinski definition) is 5. The van der Waals surface area contributed by atoms with E-state index in [1.54, 1.807) is 13.0 Å². The molecule has 1 aliphatic rings. The zero-order valence-corrected chi connectivity index (χ0v) is 18.5. The van der Waals surface area contributed by atoms with Gasteiger partial charge in [-0.25, -0.2) is 13.2 Å². The van der Waals surface area contributed by atoms with Crippen LogP contribution in [0.5, 0.6) is 0 Å². The molecule has 0 fully saturated rings. The molecule has 5 nitrogen and oxygen atoms in total. The quantitative estimate of drug-likeness (QED) is 0.634. The number of carbonyl (C=O) groups is 1. The van der Waals surface area contributed by atoms with Crippen LogP contribution in [0.2, 0.25) is 0 Å². The minimum atomic E-state index is -4.76. The van der Waals surface area contributed by atoms with Gasteiger partial charge in [0.1, 0.15) is 0 Å². The van der Waals surface area contributed by atoms with Crippen molar-refractivity contribution in [2.75, 3.05) is 6.61 Å². The van der Waals surface area contributed by atoms with E-state index >= 15 is 0 Å². The molecule has 9 heteroatoms. The van der Waals surface area contributed by atoms with E-state index < -0.39 is 33.5 Å². The topological polar surface area (TPSA) is 72.5 Å². The molecule has 0 aliphatic carbocycles. The first-order valence-corrected chi connectivity index (χ1v) is 11.3. The largest absolute Gasteiger partial charge is 0.463 e. The van der Waals surface area contributed by atoms with Gasteiger partial charge in [-0.2, -0.15) is 13.2 Å². The van der Waals surface area contributed by atoms with Gasteiger partial charge in [0.2, 0.25) is 9.84 Å². The third kappa shape index (κ3) is 4.29. The van der Waals surface area contributed by atoms with Crippen molar-refractivity contribution in [1.29, 1.82) is 0 Å². The monoisotopic (exact) mass is 465 g/mol. The minimum Gasteiger partial charge on any atom is -0.463 e. The van der Waals surface area contributed by atoms with Crippen LogP contribution in [-0.2, 0) is 25.5 Å². The number of hydrogen-bond donors (Lipinski definition) is 1. The van der Waals surface area contributed by atoms with Crippen molar-refractivity contribution in [3.05, 3.63) is 87.6 Å². The van der Waals surface area contributed by atoms with E-state index in [0.717, 1.165) is 6.07 Å². The van der Waals surface area contributed by atoms with Crippen molar-refractivity contribution in [2.24, 2.45) is 0 Å². The average molecular weight is 465 g/mol. The van der Waals surface area contributed by atoms with Crippen molar-refractivity contribution in [3.63, 3.8) is 0 Å². The Hall–Kier alpha value is -3.07. The fraction of sp³-hybridized carbons (Fsp3) is 0.261. The molecule has 1 N–H and O–H groups in total. The van der Waals surface area contributed by atoms with Gasteiger partial charge in [0.15, 0.2) is 0 Å². The lowest BCUT2D eigenvalue weighted by molar-refractivity contribution is -0.140. The predicted octanol–water partition coefficient (Wildman–Crippen LogP) is 4.93. The molecular formula is C23H22F3NO4S. The zero-order valence-electron chi connectivity index (χ0n) is 17.7. The van der Waals surface area contributed by atoms with Crippen molar-refractivity contribution < 1.29 is 31.1 Å². The molecule has 0 aromatic heterocycles. The Bertz CT molecular complexity index is 1200. The van der Waals surface area contributed by atoms with Gasteiger partial charge in [-0.05, 0) is 44.5 Å². The van der Waals surface area contributed by atoms with Gasteiger partial charge in [0.25, 0.3) is 0 Å². The first-order chi connectivity index (χ1) is 15.0. The van der Waals surface area contributed by atoms with Crippen LogP contribution < -0.4 is 5.32 Å². The maximum absolute atomic E-state index is 13.9. The van der Waals surface area contributed by atoms with E-state index in [4.69, 9.17) is 4.74 Å². The van der Waals surface area contributed by atoms with Gasteiger partial charge in [-0.3, -0.25) is 0 Å². The van der Waals surface area contributed by atoms with Crippen LogP contribution >= 0.6 is 0 Å². The van der Waals surface area contributed by atoms with E-state index in [0.29, 0.717) is 0 Å². The van der Waals surface area contributed by atoms with Gasteiger partial charge in [0.05, 0.1) is 33.5 Å². The molecule has 32 heavy (non-hydrogen) atoms. The van der Waals surface area contributed by atoms with Gasteiger partial charge >= 0.3 is 12.1 Å². The van der Waals surface area contributed by atoms with Gasteiger partial charge in [0, 0.05) is 11.4 Å². The Morgan fingerprint density at radius 3 is 2.19 bits per heavy atom. The van der Waals surface area contributed by atoms with Crippen LogP contribution in [0.3, 0.4) is 0 Å². The summed E-state index contributed by atoms with van der Waals surface area (Å²) in [7, 11) is -4.27. The molecule has 2 aromatic carbocycles. The Kier molecular flexibility index (Phi) is 6.50. The summed E-state index contributed by atoms with van der Waals surface area (Å²) in [6.07, 6.45) is -4.76. The second kappa shape index (κ2) is 8.82. The maximum Gasteiger partial charge on any atom is 0.416 e. The molecule has 1 aliphatic heterocycles. The molecule has 0 spiro atoms. The smallest absolute Gasteiger partial charge is 0.416 e. The number of carbonyl (C=O) groups excluding carboxylic acids is 1. The molecule has 0 amide bonds. The number of nitrogens with one attached hydrogen (secondary N) is 1. The first kappa shape index (κ1) is 23.6. The van der Waals surface area contributed by atoms with E-state index in [-0.39, 0.29) is 38.9 Å². The van der Waals surface area contributed by atoms with Crippen molar-refractivity contribution in [2.45, 2.75) is 37.8 Å². The lowest BCUT2D eigenvalue weighted by Gasteiger charge is -2.32. The summed E-state index contributed by atoms with van der Waals surface area (Å²) in [6.45, 7) is 4.51. The molecular weight excluding hydrogens is 443 g/mol. The van der Waals surface area contributed by atoms with Gasteiger partial charge in [-0.1, -0.05) is 36.4 Å². The fourth-order valence-electron chi connectivity index (χ4n) is 3.84. The summed E-state index contributed by atoms with van der Waals surface area (Å²) in [5, 5.41) is 2.85. The number of halogens is 3. The number of allylic oxidation sites excluding steroid dienone is 3. The summed E-state index contributed by atoms with van der Waals surface area (Å²) in [5.74, 6) is -2.38. The molecule has 0 saturated heterocycles. The average Bonchev–Trinajstić information content (AvgIpc) is 2.73. The van der Waals surface area contributed by atoms with Crippen LogP contribution in [0.25, 0.3) is 0 Å². The van der Waals surface area contributed by atoms with Gasteiger partial charge < -0.3 is 10.1 Å². The Balaban J connectivity index is 2.37. The molecule has 1 unspecified atom stereocenters. The Morgan fingerprint density at radius 1 is 1.00 bits per heavy atom. The van der Waals surface area contributed by atoms with Crippen molar-refractivity contribution in [3.8, 4) is 0 Å². The normalized spacial score (nSPS) is 17.2. The van der Waals surface area contributed by atoms with Crippen LogP contribution in [0, 0.1) is 0 Å². The molecule has 0 radical (unpaired) electrons. The third-order valence-electron chi connectivity index (χ3n) is 5.12. The highest BCUT2D eigenvalue weighted by Gasteiger charge is 2.44. The van der Waals surface area contributed by atoms with E-state index in [1.807, 2.05) is 0 Å². The third-order valence-corrected chi connectivity index (χ3v) is 7.13. The van der Waals surface area contributed by atoms with Crippen LogP contribution in [-0.4, -0.2) is 21.0 Å². The van der Waals surface area contributed by atoms with Crippen LogP contribution in [0.1, 0.15) is 37.8 Å². The molecule has 3 rings (SSSR count). The summed E-state index contributed by atoms with van der Waals surface area (Å²) in [4.78, 5) is 12.4. The molecule has 0 bridgehead atoms. The SMILES string of the molecule is CCOC(=O)C1=C(C)NC(C)=C(S(=O)(=O)c2ccccc2)C1c1ccccc1C(F)(F)F. The van der Waals surface area contributed by atoms with Crippen molar-refractivity contribution >= 4 is 15.8 Å². The predicted molar refractivity (Wildman–Crippen MR) is 113 cm³/mol.